The van der Waals surface area contributed by atoms with Gasteiger partial charge in [0.1, 0.15) is 12.4 Å². The minimum absolute atomic E-state index is 0.318. The van der Waals surface area contributed by atoms with Crippen molar-refractivity contribution in [2.75, 3.05) is 6.61 Å². The van der Waals surface area contributed by atoms with Gasteiger partial charge in [-0.05, 0) is 17.7 Å². The lowest BCUT2D eigenvalue weighted by Gasteiger charge is -2.08. The van der Waals surface area contributed by atoms with Crippen molar-refractivity contribution in [3.63, 3.8) is 0 Å². The van der Waals surface area contributed by atoms with E-state index in [2.05, 4.69) is 17.1 Å². The fourth-order valence-electron chi connectivity index (χ4n) is 1.69. The van der Waals surface area contributed by atoms with Crippen LogP contribution in [0.25, 0.3) is 0 Å². The number of hydrazone groups is 1. The van der Waals surface area contributed by atoms with Crippen LogP contribution in [0.1, 0.15) is 15.9 Å². The summed E-state index contributed by atoms with van der Waals surface area (Å²) in [7, 11) is 0. The highest BCUT2D eigenvalue weighted by Crippen LogP contribution is 2.17. The van der Waals surface area contributed by atoms with Gasteiger partial charge in [0.2, 0.25) is 0 Å². The van der Waals surface area contributed by atoms with Gasteiger partial charge in [-0.3, -0.25) is 4.79 Å². The Labute approximate surface area is 123 Å². The lowest BCUT2D eigenvalue weighted by atomic mass is 10.2. The predicted octanol–water partition coefficient (Wildman–Crippen LogP) is 3.02. The number of nitrogens with one attached hydrogen (secondary N) is 1. The first kappa shape index (κ1) is 14.5. The van der Waals surface area contributed by atoms with Crippen LogP contribution in [0.3, 0.4) is 0 Å². The Kier molecular flexibility index (Phi) is 5.29. The molecule has 2 rings (SSSR count). The first-order chi connectivity index (χ1) is 10.3. The van der Waals surface area contributed by atoms with Crippen LogP contribution in [0.4, 0.5) is 0 Å². The van der Waals surface area contributed by atoms with Crippen LogP contribution >= 0.6 is 0 Å². The third-order valence-corrected chi connectivity index (χ3v) is 2.67. The van der Waals surface area contributed by atoms with Crippen LogP contribution in [0, 0.1) is 0 Å². The molecule has 0 saturated heterocycles. The normalized spacial score (nSPS) is 10.3. The SMILES string of the molecule is C=CCOc1ccccc1C(=O)N/N=C/c1ccccc1. The Morgan fingerprint density at radius 1 is 1.14 bits per heavy atom. The van der Waals surface area contributed by atoms with E-state index in [1.165, 1.54) is 0 Å². The fraction of sp³-hybridized carbons (Fsp3) is 0.0588. The summed E-state index contributed by atoms with van der Waals surface area (Å²) >= 11 is 0. The first-order valence-corrected chi connectivity index (χ1v) is 6.52. The third kappa shape index (κ3) is 4.31. The van der Waals surface area contributed by atoms with E-state index in [0.29, 0.717) is 17.9 Å². The lowest BCUT2D eigenvalue weighted by Crippen LogP contribution is -2.18. The monoisotopic (exact) mass is 280 g/mol. The van der Waals surface area contributed by atoms with E-state index in [9.17, 15) is 4.79 Å². The molecule has 0 unspecified atom stereocenters. The first-order valence-electron chi connectivity index (χ1n) is 6.52. The van der Waals surface area contributed by atoms with Crippen LogP contribution in [0.2, 0.25) is 0 Å². The maximum atomic E-state index is 12.1. The van der Waals surface area contributed by atoms with Gasteiger partial charge < -0.3 is 4.74 Å². The number of rotatable bonds is 6. The van der Waals surface area contributed by atoms with Crippen molar-refractivity contribution in [2.24, 2.45) is 5.10 Å². The van der Waals surface area contributed by atoms with Crippen molar-refractivity contribution in [1.82, 2.24) is 5.43 Å². The van der Waals surface area contributed by atoms with Gasteiger partial charge in [0, 0.05) is 0 Å². The van der Waals surface area contributed by atoms with E-state index < -0.39 is 0 Å². The highest BCUT2D eigenvalue weighted by molar-refractivity contribution is 5.97. The molecule has 0 aromatic heterocycles. The summed E-state index contributed by atoms with van der Waals surface area (Å²) in [6, 6.07) is 16.5. The van der Waals surface area contributed by atoms with Crippen molar-refractivity contribution >= 4 is 12.1 Å². The summed E-state index contributed by atoms with van der Waals surface area (Å²) in [6.45, 7) is 3.93. The molecule has 0 aliphatic heterocycles. The zero-order valence-electron chi connectivity index (χ0n) is 11.5. The van der Waals surface area contributed by atoms with Crippen molar-refractivity contribution in [3.8, 4) is 5.75 Å². The van der Waals surface area contributed by atoms with Crippen LogP contribution in [-0.4, -0.2) is 18.7 Å². The van der Waals surface area contributed by atoms with Gasteiger partial charge in [0.25, 0.3) is 5.91 Å². The molecule has 21 heavy (non-hydrogen) atoms. The molecule has 2 aromatic rings. The van der Waals surface area contributed by atoms with E-state index in [1.54, 1.807) is 30.5 Å². The fourth-order valence-corrected chi connectivity index (χ4v) is 1.69. The molecule has 2 aromatic carbocycles. The number of amides is 1. The minimum Gasteiger partial charge on any atom is -0.489 e. The molecule has 0 saturated carbocycles. The van der Waals surface area contributed by atoms with E-state index in [1.807, 2.05) is 36.4 Å². The average Bonchev–Trinajstić information content (AvgIpc) is 2.54. The zero-order chi connectivity index (χ0) is 14.9. The summed E-state index contributed by atoms with van der Waals surface area (Å²) in [5.41, 5.74) is 3.83. The topological polar surface area (TPSA) is 50.7 Å². The molecule has 0 radical (unpaired) electrons. The summed E-state index contributed by atoms with van der Waals surface area (Å²) in [5.74, 6) is 0.187. The maximum Gasteiger partial charge on any atom is 0.275 e. The lowest BCUT2D eigenvalue weighted by molar-refractivity contribution is 0.0951. The van der Waals surface area contributed by atoms with Gasteiger partial charge >= 0.3 is 0 Å². The van der Waals surface area contributed by atoms with Gasteiger partial charge in [-0.1, -0.05) is 55.1 Å². The van der Waals surface area contributed by atoms with Crippen molar-refractivity contribution < 1.29 is 9.53 Å². The highest BCUT2D eigenvalue weighted by Gasteiger charge is 2.10. The number of carbonyl (C=O) groups excluding carboxylic acids is 1. The second-order valence-corrected chi connectivity index (χ2v) is 4.21. The number of nitrogens with zero attached hydrogens (tertiary/aromatic N) is 1. The highest BCUT2D eigenvalue weighted by atomic mass is 16.5. The van der Waals surface area contributed by atoms with Crippen molar-refractivity contribution in [3.05, 3.63) is 78.4 Å². The molecular formula is C17H16N2O2. The molecule has 0 aliphatic carbocycles. The van der Waals surface area contributed by atoms with Crippen LogP contribution in [0.15, 0.2) is 72.4 Å². The number of carbonyl (C=O) groups is 1. The molecule has 0 atom stereocenters. The molecule has 106 valence electrons. The quantitative estimate of drug-likeness (QED) is 0.502. The molecule has 4 nitrogen and oxygen atoms in total. The Hall–Kier alpha value is -2.88. The standard InChI is InChI=1S/C17H16N2O2/c1-2-12-21-16-11-7-6-10-15(16)17(20)19-18-13-14-8-4-3-5-9-14/h2-11,13H,1,12H2,(H,19,20)/b18-13+. The Morgan fingerprint density at radius 3 is 2.62 bits per heavy atom. The van der Waals surface area contributed by atoms with E-state index >= 15 is 0 Å². The third-order valence-electron chi connectivity index (χ3n) is 2.67. The number of para-hydroxylation sites is 1. The van der Waals surface area contributed by atoms with Gasteiger partial charge in [-0.2, -0.15) is 5.10 Å². The van der Waals surface area contributed by atoms with Crippen LogP contribution in [-0.2, 0) is 0 Å². The van der Waals surface area contributed by atoms with Crippen molar-refractivity contribution in [1.29, 1.82) is 0 Å². The summed E-state index contributed by atoms with van der Waals surface area (Å²) in [4.78, 5) is 12.1. The van der Waals surface area contributed by atoms with Gasteiger partial charge in [-0.15, -0.1) is 0 Å². The van der Waals surface area contributed by atoms with E-state index in [-0.39, 0.29) is 5.91 Å². The average molecular weight is 280 g/mol. The van der Waals surface area contributed by atoms with Gasteiger partial charge in [-0.25, -0.2) is 5.43 Å². The molecule has 1 amide bonds. The number of hydrogen-bond acceptors (Lipinski definition) is 3. The molecule has 0 aliphatic rings. The minimum atomic E-state index is -0.318. The number of ether oxygens (including phenoxy) is 1. The summed E-state index contributed by atoms with van der Waals surface area (Å²) in [5, 5.41) is 3.94. The molecule has 0 spiro atoms. The Morgan fingerprint density at radius 2 is 1.86 bits per heavy atom. The predicted molar refractivity (Wildman–Crippen MR) is 83.6 cm³/mol. The van der Waals surface area contributed by atoms with Crippen molar-refractivity contribution in [2.45, 2.75) is 0 Å². The molecule has 0 heterocycles. The second-order valence-electron chi connectivity index (χ2n) is 4.21. The summed E-state index contributed by atoms with van der Waals surface area (Å²) in [6.07, 6.45) is 3.22. The van der Waals surface area contributed by atoms with Gasteiger partial charge in [0.15, 0.2) is 0 Å². The molecule has 0 bridgehead atoms. The molecule has 4 heteroatoms. The smallest absolute Gasteiger partial charge is 0.275 e. The van der Waals surface area contributed by atoms with Gasteiger partial charge in [0.05, 0.1) is 11.8 Å². The molecule has 0 fully saturated rings. The maximum absolute atomic E-state index is 12.1. The summed E-state index contributed by atoms with van der Waals surface area (Å²) < 4.78 is 5.44. The largest absolute Gasteiger partial charge is 0.489 e. The number of benzene rings is 2. The van der Waals surface area contributed by atoms with E-state index in [4.69, 9.17) is 4.74 Å². The second kappa shape index (κ2) is 7.65. The number of hydrogen-bond donors (Lipinski definition) is 1. The van der Waals surface area contributed by atoms with Crippen LogP contribution < -0.4 is 10.2 Å². The van der Waals surface area contributed by atoms with E-state index in [0.717, 1.165) is 5.56 Å². The molecule has 1 N–H and O–H groups in total. The molecular weight excluding hydrogens is 264 g/mol. The Bertz CT molecular complexity index is 636. The zero-order valence-corrected chi connectivity index (χ0v) is 11.5. The Balaban J connectivity index is 2.03. The van der Waals surface area contributed by atoms with Crippen LogP contribution in [0.5, 0.6) is 5.75 Å².